The van der Waals surface area contributed by atoms with E-state index < -0.39 is 34.9 Å². The number of carbonyl (C=O) groups is 4. The van der Waals surface area contributed by atoms with E-state index in [1.54, 1.807) is 158 Å². The Hall–Kier alpha value is -10.2. The highest BCUT2D eigenvalue weighted by Crippen LogP contribution is 2.56. The maximum absolute atomic E-state index is 15.3. The van der Waals surface area contributed by atoms with Gasteiger partial charge in [0.15, 0.2) is 0 Å². The summed E-state index contributed by atoms with van der Waals surface area (Å²) >= 11 is 0. The zero-order valence-corrected chi connectivity index (χ0v) is 37.8. The Kier molecular flexibility index (Phi) is 11.5. The minimum atomic E-state index is -1.44. The highest BCUT2D eigenvalue weighted by Gasteiger charge is 2.34. The minimum Gasteiger partial charge on any atom is -0.478 e. The van der Waals surface area contributed by atoms with Crippen LogP contribution in [0.5, 0.6) is 46.0 Å². The molecule has 0 saturated carbocycles. The van der Waals surface area contributed by atoms with Crippen LogP contribution in [-0.2, 0) is 0 Å². The van der Waals surface area contributed by atoms with Crippen LogP contribution in [0.4, 0.5) is 11.4 Å². The molecule has 0 radical (unpaired) electrons. The molecule has 0 bridgehead atoms. The Morgan fingerprint density at radius 1 is 0.292 bits per heavy atom. The van der Waals surface area contributed by atoms with Crippen LogP contribution in [0.3, 0.4) is 0 Å². The van der Waals surface area contributed by atoms with Crippen molar-refractivity contribution in [3.8, 4) is 46.0 Å². The van der Waals surface area contributed by atoms with Gasteiger partial charge in [0.25, 0.3) is 11.8 Å². The second kappa shape index (κ2) is 18.7. The van der Waals surface area contributed by atoms with E-state index in [4.69, 9.17) is 18.9 Å². The molecule has 0 fully saturated rings. The third kappa shape index (κ3) is 8.30. The van der Waals surface area contributed by atoms with Gasteiger partial charge in [-0.1, -0.05) is 109 Å². The van der Waals surface area contributed by atoms with Crippen LogP contribution in [0.2, 0.25) is 0 Å². The fraction of sp³-hybridized carbons (Fsp3) is 0. The maximum Gasteiger partial charge on any atom is 0.336 e. The minimum absolute atomic E-state index is 0.00863. The molecule has 348 valence electrons. The molecule has 11 rings (SSSR count). The van der Waals surface area contributed by atoms with Gasteiger partial charge < -0.3 is 39.8 Å². The van der Waals surface area contributed by atoms with Gasteiger partial charge in [0.1, 0.15) is 46.0 Å². The summed E-state index contributed by atoms with van der Waals surface area (Å²) in [5.74, 6) is -2.66. The SMILES string of the molecule is O=C(O)c1cc(Oc2ccccc2)c2c3c(Oc4ccccc4)cc(C(=O)Nc4ccccc4)c4c(C(=O)Nc5ccccc5)cc(Oc5ccccc5)c(c5c(Oc6ccccc6)cc(C(=O)O)c1c25)c43. The Labute approximate surface area is 410 Å². The largest absolute Gasteiger partial charge is 0.478 e. The monoisotopic (exact) mass is 946 g/mol. The number of hydrogen-bond donors (Lipinski definition) is 4. The summed E-state index contributed by atoms with van der Waals surface area (Å²) in [4.78, 5) is 57.9. The number of benzene rings is 11. The fourth-order valence-electron chi connectivity index (χ4n) is 9.09. The number of fused-ring (bicyclic) bond motifs is 2. The number of carbonyl (C=O) groups excluding carboxylic acids is 2. The first kappa shape index (κ1) is 44.3. The third-order valence-corrected chi connectivity index (χ3v) is 12.1. The molecule has 0 saturated heterocycles. The van der Waals surface area contributed by atoms with Crippen LogP contribution >= 0.6 is 0 Å². The number of nitrogens with one attached hydrogen (secondary N) is 2. The number of amides is 2. The molecule has 0 atom stereocenters. The van der Waals surface area contributed by atoms with E-state index in [9.17, 15) is 19.8 Å². The maximum atomic E-state index is 15.3. The lowest BCUT2D eigenvalue weighted by atomic mass is 9.82. The number of anilines is 2. The van der Waals surface area contributed by atoms with Crippen molar-refractivity contribution in [3.63, 3.8) is 0 Å². The van der Waals surface area contributed by atoms with Crippen LogP contribution in [0, 0.1) is 0 Å². The molecule has 2 amide bonds. The standard InChI is InChI=1S/C60H38N2O10/c63-57(61-35-19-7-1-8-20-35)41-31-45(69-37-23-11-3-12-24-37)51-53-47(71-39-27-15-5-16-28-39)33-43(59(65)66)50-44(60(67)68)34-48(72-40-29-17-6-18-30-40)54(56(50)53)52-46(70-38-25-13-4-14-26-38)32-42(49(41)55(51)52)58(64)62-36-21-9-2-10-22-36/h1-34H,(H,61,63)(H,62,64)(H,65,66)(H,67,68). The molecule has 0 aliphatic rings. The van der Waals surface area contributed by atoms with Gasteiger partial charge in [0, 0.05) is 54.5 Å². The molecule has 0 aliphatic heterocycles. The average molecular weight is 947 g/mol. The van der Waals surface area contributed by atoms with Gasteiger partial charge in [-0.25, -0.2) is 9.59 Å². The first-order valence-corrected chi connectivity index (χ1v) is 22.7. The molecule has 0 spiro atoms. The number of aromatic carboxylic acids is 2. The van der Waals surface area contributed by atoms with Crippen molar-refractivity contribution in [1.29, 1.82) is 0 Å². The highest BCUT2D eigenvalue weighted by atomic mass is 16.5. The van der Waals surface area contributed by atoms with E-state index in [1.165, 1.54) is 24.3 Å². The van der Waals surface area contributed by atoms with Crippen molar-refractivity contribution in [2.24, 2.45) is 0 Å². The number of rotatable bonds is 14. The number of carboxylic acids is 2. The smallest absolute Gasteiger partial charge is 0.336 e. The molecule has 11 aromatic carbocycles. The van der Waals surface area contributed by atoms with Gasteiger partial charge >= 0.3 is 11.9 Å². The second-order valence-corrected chi connectivity index (χ2v) is 16.6. The first-order chi connectivity index (χ1) is 35.2. The summed E-state index contributed by atoms with van der Waals surface area (Å²) in [5.41, 5.74) is 0.165. The predicted octanol–water partition coefficient (Wildman–Crippen LogP) is 14.8. The van der Waals surface area contributed by atoms with Gasteiger partial charge in [-0.15, -0.1) is 0 Å². The van der Waals surface area contributed by atoms with Crippen LogP contribution in [0.25, 0.3) is 43.1 Å². The topological polar surface area (TPSA) is 170 Å². The summed E-state index contributed by atoms with van der Waals surface area (Å²) in [6, 6.07) is 58.3. The van der Waals surface area contributed by atoms with Crippen LogP contribution < -0.4 is 29.6 Å². The van der Waals surface area contributed by atoms with Crippen LogP contribution in [0.15, 0.2) is 206 Å². The molecule has 12 nitrogen and oxygen atoms in total. The van der Waals surface area contributed by atoms with E-state index in [0.29, 0.717) is 34.4 Å². The third-order valence-electron chi connectivity index (χ3n) is 12.1. The van der Waals surface area contributed by atoms with Crippen molar-refractivity contribution >= 4 is 78.2 Å². The van der Waals surface area contributed by atoms with Crippen molar-refractivity contribution < 1.29 is 48.3 Å². The summed E-state index contributed by atoms with van der Waals surface area (Å²) in [6.07, 6.45) is 0. The lowest BCUT2D eigenvalue weighted by Crippen LogP contribution is -2.17. The molecule has 0 aromatic heterocycles. The van der Waals surface area contributed by atoms with E-state index in [2.05, 4.69) is 10.6 Å². The lowest BCUT2D eigenvalue weighted by Gasteiger charge is -2.26. The first-order valence-electron chi connectivity index (χ1n) is 22.7. The summed E-state index contributed by atoms with van der Waals surface area (Å²) in [7, 11) is 0. The Balaban J connectivity index is 1.42. The normalized spacial score (nSPS) is 11.1. The molecule has 12 heteroatoms. The summed E-state index contributed by atoms with van der Waals surface area (Å²) < 4.78 is 27.2. The Morgan fingerprint density at radius 3 is 0.792 bits per heavy atom. The predicted molar refractivity (Wildman–Crippen MR) is 276 cm³/mol. The van der Waals surface area contributed by atoms with Gasteiger partial charge in [0.05, 0.1) is 22.3 Å². The van der Waals surface area contributed by atoms with Gasteiger partial charge in [-0.05, 0) is 97.1 Å². The zero-order chi connectivity index (χ0) is 49.3. The molecule has 0 aliphatic carbocycles. The van der Waals surface area contributed by atoms with Crippen LogP contribution in [0.1, 0.15) is 41.4 Å². The lowest BCUT2D eigenvalue weighted by molar-refractivity contribution is 0.0695. The van der Waals surface area contributed by atoms with Crippen LogP contribution in [-0.4, -0.2) is 34.0 Å². The van der Waals surface area contributed by atoms with E-state index >= 15 is 9.59 Å². The summed E-state index contributed by atoms with van der Waals surface area (Å²) in [5, 5.41) is 29.4. The number of hydrogen-bond acceptors (Lipinski definition) is 8. The van der Waals surface area contributed by atoms with E-state index in [1.807, 2.05) is 24.3 Å². The van der Waals surface area contributed by atoms with Gasteiger partial charge in [-0.3, -0.25) is 9.59 Å². The fourth-order valence-corrected chi connectivity index (χ4v) is 9.09. The van der Waals surface area contributed by atoms with Gasteiger partial charge in [-0.2, -0.15) is 0 Å². The van der Waals surface area contributed by atoms with E-state index in [0.717, 1.165) is 0 Å². The summed E-state index contributed by atoms with van der Waals surface area (Å²) in [6.45, 7) is 0. The molecule has 72 heavy (non-hydrogen) atoms. The van der Waals surface area contributed by atoms with Crippen molar-refractivity contribution in [1.82, 2.24) is 0 Å². The Morgan fingerprint density at radius 2 is 0.528 bits per heavy atom. The van der Waals surface area contributed by atoms with E-state index in [-0.39, 0.29) is 77.2 Å². The van der Waals surface area contributed by atoms with Crippen molar-refractivity contribution in [3.05, 3.63) is 229 Å². The molecule has 0 heterocycles. The zero-order valence-electron chi connectivity index (χ0n) is 37.8. The number of ether oxygens (including phenoxy) is 4. The molecule has 0 unspecified atom stereocenters. The highest BCUT2D eigenvalue weighted by molar-refractivity contribution is 6.43. The van der Waals surface area contributed by atoms with Crippen molar-refractivity contribution in [2.45, 2.75) is 0 Å². The quantitative estimate of drug-likeness (QED) is 0.0608. The van der Waals surface area contributed by atoms with Crippen molar-refractivity contribution in [2.75, 3.05) is 10.6 Å². The Bertz CT molecular complexity index is 3630. The number of carboxylic acid groups (broad SMARTS) is 2. The number of para-hydroxylation sites is 6. The van der Waals surface area contributed by atoms with Gasteiger partial charge in [0.2, 0.25) is 0 Å². The average Bonchev–Trinajstić information content (AvgIpc) is 3.40. The molecule has 4 N–H and O–H groups in total. The molecule has 11 aromatic rings. The molecular weight excluding hydrogens is 909 g/mol. The molecular formula is C60H38N2O10. The second-order valence-electron chi connectivity index (χ2n) is 16.6.